The summed E-state index contributed by atoms with van der Waals surface area (Å²) in [4.78, 5) is 19.3. The highest BCUT2D eigenvalue weighted by atomic mass is 35.5. The molecule has 1 aliphatic rings. The van der Waals surface area contributed by atoms with Crippen molar-refractivity contribution in [2.45, 2.75) is 12.6 Å². The molecule has 1 saturated heterocycles. The van der Waals surface area contributed by atoms with Crippen molar-refractivity contribution in [1.82, 2.24) is 19.8 Å². The first-order chi connectivity index (χ1) is 13.7. The van der Waals surface area contributed by atoms with Gasteiger partial charge in [0, 0.05) is 24.7 Å². The Morgan fingerprint density at radius 2 is 1.89 bits per heavy atom. The molecule has 0 bridgehead atoms. The molecule has 0 spiro atoms. The lowest BCUT2D eigenvalue weighted by atomic mass is 10.0. The van der Waals surface area contributed by atoms with Gasteiger partial charge in [0.1, 0.15) is 6.54 Å². The summed E-state index contributed by atoms with van der Waals surface area (Å²) >= 11 is 6.04. The number of nitrogens with zero attached hydrogens (tertiary/aromatic N) is 3. The Bertz CT molecular complexity index is 935. The standard InChI is InChI=1S/C21H23ClN4O2/c22-17-7-5-16(6-8-17)20(25-9-11-28-12-10-25)13-23-21(27)14-26-15-24-18-3-1-2-4-19(18)26/h1-8,15,20H,9-14H2,(H,23,27). The van der Waals surface area contributed by atoms with Gasteiger partial charge in [0.2, 0.25) is 5.91 Å². The van der Waals surface area contributed by atoms with Gasteiger partial charge in [-0.25, -0.2) is 4.98 Å². The Labute approximate surface area is 169 Å². The zero-order valence-corrected chi connectivity index (χ0v) is 16.3. The number of morpholine rings is 1. The van der Waals surface area contributed by atoms with Crippen molar-refractivity contribution in [2.75, 3.05) is 32.8 Å². The van der Waals surface area contributed by atoms with Gasteiger partial charge in [0.15, 0.2) is 0 Å². The lowest BCUT2D eigenvalue weighted by Gasteiger charge is -2.35. The fraction of sp³-hybridized carbons (Fsp3) is 0.333. The predicted molar refractivity (Wildman–Crippen MR) is 109 cm³/mol. The minimum Gasteiger partial charge on any atom is -0.379 e. The van der Waals surface area contributed by atoms with E-state index in [4.69, 9.17) is 16.3 Å². The maximum Gasteiger partial charge on any atom is 0.240 e. The molecule has 4 rings (SSSR count). The lowest BCUT2D eigenvalue weighted by molar-refractivity contribution is -0.122. The van der Waals surface area contributed by atoms with Crippen LogP contribution in [0, 0.1) is 0 Å². The number of para-hydroxylation sites is 2. The number of carbonyl (C=O) groups is 1. The highest BCUT2D eigenvalue weighted by molar-refractivity contribution is 6.30. The van der Waals surface area contributed by atoms with Gasteiger partial charge in [0.25, 0.3) is 0 Å². The van der Waals surface area contributed by atoms with Gasteiger partial charge in [-0.3, -0.25) is 9.69 Å². The fourth-order valence-corrected chi connectivity index (χ4v) is 3.72. The summed E-state index contributed by atoms with van der Waals surface area (Å²) in [5, 5.41) is 3.80. The van der Waals surface area contributed by atoms with Gasteiger partial charge < -0.3 is 14.6 Å². The van der Waals surface area contributed by atoms with Crippen LogP contribution in [-0.2, 0) is 16.1 Å². The number of hydrogen-bond acceptors (Lipinski definition) is 4. The summed E-state index contributed by atoms with van der Waals surface area (Å²) < 4.78 is 7.35. The number of benzene rings is 2. The number of carbonyl (C=O) groups excluding carboxylic acids is 1. The summed E-state index contributed by atoms with van der Waals surface area (Å²) in [5.41, 5.74) is 2.99. The number of fused-ring (bicyclic) bond motifs is 1. The highest BCUT2D eigenvalue weighted by Gasteiger charge is 2.23. The van der Waals surface area contributed by atoms with Crippen LogP contribution in [0.2, 0.25) is 5.02 Å². The van der Waals surface area contributed by atoms with Crippen LogP contribution in [0.25, 0.3) is 11.0 Å². The van der Waals surface area contributed by atoms with E-state index < -0.39 is 0 Å². The molecule has 1 aliphatic heterocycles. The second-order valence-electron chi connectivity index (χ2n) is 6.88. The van der Waals surface area contributed by atoms with E-state index in [1.54, 1.807) is 6.33 Å². The molecule has 0 radical (unpaired) electrons. The Kier molecular flexibility index (Phi) is 5.90. The first kappa shape index (κ1) is 18.9. The third-order valence-corrected chi connectivity index (χ3v) is 5.33. The molecule has 7 heteroatoms. The summed E-state index contributed by atoms with van der Waals surface area (Å²) in [5.74, 6) is -0.0321. The molecule has 146 valence electrons. The molecule has 1 amide bonds. The number of imidazole rings is 1. The Hall–Kier alpha value is -2.41. The molecule has 2 heterocycles. The van der Waals surface area contributed by atoms with Crippen LogP contribution < -0.4 is 5.32 Å². The van der Waals surface area contributed by atoms with Crippen molar-refractivity contribution in [2.24, 2.45) is 0 Å². The van der Waals surface area contributed by atoms with E-state index in [0.717, 1.165) is 29.7 Å². The molecule has 0 aliphatic carbocycles. The summed E-state index contributed by atoms with van der Waals surface area (Å²) in [6, 6.07) is 15.7. The molecule has 0 saturated carbocycles. The van der Waals surface area contributed by atoms with Crippen LogP contribution in [0.15, 0.2) is 54.9 Å². The monoisotopic (exact) mass is 398 g/mol. The van der Waals surface area contributed by atoms with Gasteiger partial charge in [-0.2, -0.15) is 0 Å². The highest BCUT2D eigenvalue weighted by Crippen LogP contribution is 2.23. The summed E-state index contributed by atoms with van der Waals surface area (Å²) in [6.45, 7) is 3.88. The van der Waals surface area contributed by atoms with Crippen molar-refractivity contribution in [1.29, 1.82) is 0 Å². The summed E-state index contributed by atoms with van der Waals surface area (Å²) in [6.07, 6.45) is 1.71. The van der Waals surface area contributed by atoms with Crippen LogP contribution >= 0.6 is 11.6 Å². The van der Waals surface area contributed by atoms with Gasteiger partial charge in [0.05, 0.1) is 36.6 Å². The Morgan fingerprint density at radius 3 is 2.68 bits per heavy atom. The van der Waals surface area contributed by atoms with E-state index in [2.05, 4.69) is 15.2 Å². The van der Waals surface area contributed by atoms with Gasteiger partial charge in [-0.1, -0.05) is 35.9 Å². The van der Waals surface area contributed by atoms with Crippen molar-refractivity contribution in [3.63, 3.8) is 0 Å². The van der Waals surface area contributed by atoms with Crippen LogP contribution in [0.3, 0.4) is 0 Å². The van der Waals surface area contributed by atoms with E-state index in [0.29, 0.717) is 24.8 Å². The molecular weight excluding hydrogens is 376 g/mol. The topological polar surface area (TPSA) is 59.4 Å². The number of hydrogen-bond donors (Lipinski definition) is 1. The summed E-state index contributed by atoms with van der Waals surface area (Å²) in [7, 11) is 0. The molecular formula is C21H23ClN4O2. The molecule has 1 aromatic heterocycles. The second kappa shape index (κ2) is 8.73. The average molecular weight is 399 g/mol. The minimum absolute atomic E-state index is 0.0321. The Balaban J connectivity index is 1.44. The van der Waals surface area contributed by atoms with Gasteiger partial charge in [-0.15, -0.1) is 0 Å². The van der Waals surface area contributed by atoms with Crippen molar-refractivity contribution < 1.29 is 9.53 Å². The van der Waals surface area contributed by atoms with Crippen molar-refractivity contribution in [3.05, 3.63) is 65.4 Å². The average Bonchev–Trinajstić information content (AvgIpc) is 3.13. The Morgan fingerprint density at radius 1 is 1.14 bits per heavy atom. The first-order valence-electron chi connectivity index (χ1n) is 9.44. The smallest absolute Gasteiger partial charge is 0.240 e. The van der Waals surface area contributed by atoms with E-state index >= 15 is 0 Å². The maximum atomic E-state index is 12.6. The van der Waals surface area contributed by atoms with Gasteiger partial charge in [-0.05, 0) is 29.8 Å². The van der Waals surface area contributed by atoms with Crippen molar-refractivity contribution in [3.8, 4) is 0 Å². The normalized spacial score (nSPS) is 16.2. The SMILES string of the molecule is O=C(Cn1cnc2ccccc21)NCC(c1ccc(Cl)cc1)N1CCOCC1. The quantitative estimate of drug-likeness (QED) is 0.693. The molecule has 2 aromatic carbocycles. The van der Waals surface area contributed by atoms with E-state index in [1.165, 1.54) is 0 Å². The minimum atomic E-state index is -0.0321. The fourth-order valence-electron chi connectivity index (χ4n) is 3.59. The van der Waals surface area contributed by atoms with Gasteiger partial charge >= 0.3 is 0 Å². The lowest BCUT2D eigenvalue weighted by Crippen LogP contribution is -2.44. The molecule has 6 nitrogen and oxygen atoms in total. The molecule has 1 atom stereocenters. The molecule has 1 N–H and O–H groups in total. The number of nitrogens with one attached hydrogen (secondary N) is 1. The zero-order chi connectivity index (χ0) is 19.3. The maximum absolute atomic E-state index is 12.6. The largest absolute Gasteiger partial charge is 0.379 e. The van der Waals surface area contributed by atoms with Crippen LogP contribution in [0.1, 0.15) is 11.6 Å². The number of halogens is 1. The molecule has 1 fully saturated rings. The van der Waals surface area contributed by atoms with E-state index in [-0.39, 0.29) is 18.5 Å². The number of ether oxygens (including phenoxy) is 1. The van der Waals surface area contributed by atoms with Crippen LogP contribution in [0.5, 0.6) is 0 Å². The number of aromatic nitrogens is 2. The number of rotatable bonds is 6. The third-order valence-electron chi connectivity index (χ3n) is 5.08. The number of amides is 1. The van der Waals surface area contributed by atoms with E-state index in [1.807, 2.05) is 53.1 Å². The third kappa shape index (κ3) is 4.35. The predicted octanol–water partition coefficient (Wildman–Crippen LogP) is 2.88. The molecule has 3 aromatic rings. The second-order valence-corrected chi connectivity index (χ2v) is 7.32. The van der Waals surface area contributed by atoms with Crippen molar-refractivity contribution >= 4 is 28.5 Å². The zero-order valence-electron chi connectivity index (χ0n) is 15.6. The van der Waals surface area contributed by atoms with Crippen LogP contribution in [0.4, 0.5) is 0 Å². The molecule has 1 unspecified atom stereocenters. The van der Waals surface area contributed by atoms with E-state index in [9.17, 15) is 4.79 Å². The molecule has 28 heavy (non-hydrogen) atoms. The first-order valence-corrected chi connectivity index (χ1v) is 9.82. The van der Waals surface area contributed by atoms with Crippen LogP contribution in [-0.4, -0.2) is 53.2 Å².